The molecule has 3 rings (SSSR count). The molecule has 0 aromatic carbocycles. The van der Waals surface area contributed by atoms with Gasteiger partial charge in [-0.3, -0.25) is 14.2 Å². The zero-order valence-corrected chi connectivity index (χ0v) is 17.2. The number of rotatable bonds is 4. The highest BCUT2D eigenvalue weighted by molar-refractivity contribution is 5.95. The smallest absolute Gasteiger partial charge is 0.410 e. The highest BCUT2D eigenvalue weighted by Gasteiger charge is 2.42. The van der Waals surface area contributed by atoms with Gasteiger partial charge in [-0.05, 0) is 39.8 Å². The zero-order valence-electron chi connectivity index (χ0n) is 17.2. The summed E-state index contributed by atoms with van der Waals surface area (Å²) < 4.78 is 6.78. The summed E-state index contributed by atoms with van der Waals surface area (Å²) in [7, 11) is 1.57. The van der Waals surface area contributed by atoms with Crippen LogP contribution in [0.25, 0.3) is 0 Å². The van der Waals surface area contributed by atoms with Crippen molar-refractivity contribution in [3.05, 3.63) is 58.0 Å². The summed E-state index contributed by atoms with van der Waals surface area (Å²) in [6, 6.07) is 4.99. The summed E-state index contributed by atoms with van der Waals surface area (Å²) in [6.45, 7) is 7.10. The predicted molar refractivity (Wildman–Crippen MR) is 106 cm³/mol. The lowest BCUT2D eigenvalue weighted by atomic mass is 10.1. The van der Waals surface area contributed by atoms with Crippen molar-refractivity contribution >= 4 is 12.0 Å². The van der Waals surface area contributed by atoms with E-state index >= 15 is 0 Å². The first kappa shape index (κ1) is 20.5. The Hall–Kier alpha value is -3.23. The van der Waals surface area contributed by atoms with Gasteiger partial charge in [-0.1, -0.05) is 6.07 Å². The molecule has 9 nitrogen and oxygen atoms in total. The van der Waals surface area contributed by atoms with Gasteiger partial charge in [0.25, 0.3) is 11.5 Å². The molecule has 1 aliphatic heterocycles. The summed E-state index contributed by atoms with van der Waals surface area (Å²) in [4.78, 5) is 47.4. The largest absolute Gasteiger partial charge is 0.444 e. The van der Waals surface area contributed by atoms with Gasteiger partial charge in [0.05, 0.1) is 6.54 Å². The Labute approximate surface area is 168 Å². The second-order valence-electron chi connectivity index (χ2n) is 8.33. The molecule has 9 heteroatoms. The Morgan fingerprint density at radius 3 is 2.62 bits per heavy atom. The van der Waals surface area contributed by atoms with E-state index in [1.54, 1.807) is 59.1 Å². The summed E-state index contributed by atoms with van der Waals surface area (Å²) in [5.74, 6) is -0.365. The van der Waals surface area contributed by atoms with Gasteiger partial charge in [0, 0.05) is 30.9 Å². The number of likely N-dealkylation sites (N-methyl/N-ethyl adjacent to an activating group) is 1. The average Bonchev–Trinajstić information content (AvgIpc) is 2.87. The standard InChI is InChI=1S/C20H25N5O4/c1-19(2,3)29-18(28)24(5)11-20(4)23-16(26)15-7-6-13(17(27)25(15)20)10-14-8-9-21-12-22-14/h6-9,12H,10-11H2,1-5H3,(H,23,26). The zero-order chi connectivity index (χ0) is 21.4. The molecule has 0 fully saturated rings. The topological polar surface area (TPSA) is 106 Å². The summed E-state index contributed by atoms with van der Waals surface area (Å²) >= 11 is 0. The van der Waals surface area contributed by atoms with E-state index < -0.39 is 17.4 Å². The monoisotopic (exact) mass is 399 g/mol. The van der Waals surface area contributed by atoms with E-state index in [1.807, 2.05) is 0 Å². The van der Waals surface area contributed by atoms with Gasteiger partial charge in [0.2, 0.25) is 0 Å². The summed E-state index contributed by atoms with van der Waals surface area (Å²) in [5, 5.41) is 2.83. The number of amides is 2. The number of carbonyl (C=O) groups is 2. The van der Waals surface area contributed by atoms with Gasteiger partial charge >= 0.3 is 6.09 Å². The quantitative estimate of drug-likeness (QED) is 0.835. The van der Waals surface area contributed by atoms with Crippen LogP contribution < -0.4 is 10.9 Å². The number of hydrogen-bond donors (Lipinski definition) is 1. The first-order chi connectivity index (χ1) is 13.5. The van der Waals surface area contributed by atoms with Crippen LogP contribution in [0.15, 0.2) is 35.5 Å². The van der Waals surface area contributed by atoms with E-state index in [4.69, 9.17) is 4.74 Å². The Balaban J connectivity index is 1.92. The van der Waals surface area contributed by atoms with E-state index in [-0.39, 0.29) is 23.7 Å². The predicted octanol–water partition coefficient (Wildman–Crippen LogP) is 1.51. The number of fused-ring (bicyclic) bond motifs is 1. The molecular weight excluding hydrogens is 374 g/mol. The molecule has 0 aliphatic carbocycles. The van der Waals surface area contributed by atoms with E-state index in [9.17, 15) is 14.4 Å². The van der Waals surface area contributed by atoms with Crippen LogP contribution in [0, 0.1) is 0 Å². The third kappa shape index (κ3) is 4.28. The number of nitrogens with zero attached hydrogens (tertiary/aromatic N) is 4. The summed E-state index contributed by atoms with van der Waals surface area (Å²) in [6.07, 6.45) is 2.81. The Morgan fingerprint density at radius 1 is 1.28 bits per heavy atom. The Morgan fingerprint density at radius 2 is 2.00 bits per heavy atom. The Bertz CT molecular complexity index is 996. The lowest BCUT2D eigenvalue weighted by Gasteiger charge is -2.33. The number of hydrogen-bond acceptors (Lipinski definition) is 6. The van der Waals surface area contributed by atoms with Crippen LogP contribution >= 0.6 is 0 Å². The number of carbonyl (C=O) groups excluding carboxylic acids is 2. The van der Waals surface area contributed by atoms with Gasteiger partial charge < -0.3 is 15.0 Å². The molecule has 154 valence electrons. The summed E-state index contributed by atoms with van der Waals surface area (Å²) in [5.41, 5.74) is -0.611. The van der Waals surface area contributed by atoms with E-state index in [0.29, 0.717) is 17.7 Å². The number of pyridine rings is 1. The third-order valence-corrected chi connectivity index (χ3v) is 4.54. The number of nitrogens with one attached hydrogen (secondary N) is 1. The molecule has 2 aromatic heterocycles. The van der Waals surface area contributed by atoms with Crippen molar-refractivity contribution in [2.75, 3.05) is 13.6 Å². The van der Waals surface area contributed by atoms with Gasteiger partial charge in [0.1, 0.15) is 23.3 Å². The molecule has 0 saturated heterocycles. The number of ether oxygens (including phenoxy) is 1. The average molecular weight is 399 g/mol. The minimum atomic E-state index is -1.10. The SMILES string of the molecule is CN(CC1(C)NC(=O)c2ccc(Cc3ccncn3)c(=O)n21)C(=O)OC(C)(C)C. The molecule has 3 heterocycles. The Kier molecular flexibility index (Phi) is 5.16. The molecule has 0 spiro atoms. The highest BCUT2D eigenvalue weighted by Crippen LogP contribution is 2.23. The van der Waals surface area contributed by atoms with Crippen LogP contribution in [0.5, 0.6) is 0 Å². The van der Waals surface area contributed by atoms with Crippen LogP contribution in [0.1, 0.15) is 49.4 Å². The maximum Gasteiger partial charge on any atom is 0.410 e. The second kappa shape index (κ2) is 7.31. The maximum atomic E-state index is 13.2. The van der Waals surface area contributed by atoms with Crippen molar-refractivity contribution < 1.29 is 14.3 Å². The lowest BCUT2D eigenvalue weighted by Crippen LogP contribution is -2.53. The van der Waals surface area contributed by atoms with Crippen molar-refractivity contribution in [1.82, 2.24) is 24.8 Å². The van der Waals surface area contributed by atoms with Crippen molar-refractivity contribution in [1.29, 1.82) is 0 Å². The minimum Gasteiger partial charge on any atom is -0.444 e. The number of aromatic nitrogens is 3. The fourth-order valence-corrected chi connectivity index (χ4v) is 3.34. The van der Waals surface area contributed by atoms with Crippen LogP contribution in [0.2, 0.25) is 0 Å². The second-order valence-corrected chi connectivity index (χ2v) is 8.33. The van der Waals surface area contributed by atoms with E-state index in [0.717, 1.165) is 0 Å². The molecule has 1 N–H and O–H groups in total. The fraction of sp³-hybridized carbons (Fsp3) is 0.450. The molecule has 0 radical (unpaired) electrons. The van der Waals surface area contributed by atoms with Crippen LogP contribution in [-0.4, -0.2) is 50.6 Å². The van der Waals surface area contributed by atoms with Gasteiger partial charge in [-0.25, -0.2) is 14.8 Å². The van der Waals surface area contributed by atoms with E-state index in [2.05, 4.69) is 15.3 Å². The molecule has 1 unspecified atom stereocenters. The van der Waals surface area contributed by atoms with Crippen LogP contribution in [-0.2, 0) is 16.8 Å². The maximum absolute atomic E-state index is 13.2. The first-order valence-corrected chi connectivity index (χ1v) is 9.27. The molecule has 0 bridgehead atoms. The van der Waals surface area contributed by atoms with E-state index in [1.165, 1.54) is 15.8 Å². The van der Waals surface area contributed by atoms with Gasteiger partial charge in [0.15, 0.2) is 0 Å². The van der Waals surface area contributed by atoms with Crippen molar-refractivity contribution in [2.24, 2.45) is 0 Å². The molecular formula is C20H25N5O4. The van der Waals surface area contributed by atoms with Crippen molar-refractivity contribution in [3.63, 3.8) is 0 Å². The van der Waals surface area contributed by atoms with Crippen LogP contribution in [0.4, 0.5) is 4.79 Å². The van der Waals surface area contributed by atoms with Crippen molar-refractivity contribution in [3.8, 4) is 0 Å². The van der Waals surface area contributed by atoms with Gasteiger partial charge in [-0.15, -0.1) is 0 Å². The molecule has 1 atom stereocenters. The molecule has 2 aromatic rings. The normalized spacial score (nSPS) is 18.2. The molecule has 2 amide bonds. The van der Waals surface area contributed by atoms with Gasteiger partial charge in [-0.2, -0.15) is 0 Å². The highest BCUT2D eigenvalue weighted by atomic mass is 16.6. The first-order valence-electron chi connectivity index (χ1n) is 9.27. The molecule has 29 heavy (non-hydrogen) atoms. The fourth-order valence-electron chi connectivity index (χ4n) is 3.34. The van der Waals surface area contributed by atoms with Crippen LogP contribution in [0.3, 0.4) is 0 Å². The van der Waals surface area contributed by atoms with Crippen molar-refractivity contribution in [2.45, 2.75) is 45.4 Å². The molecule has 1 aliphatic rings. The lowest BCUT2D eigenvalue weighted by molar-refractivity contribution is 0.0218. The third-order valence-electron chi connectivity index (χ3n) is 4.54. The minimum absolute atomic E-state index is 0.0670. The molecule has 0 saturated carbocycles.